The molecular formula is C17H16ClN3O3. The molecule has 0 spiro atoms. The highest BCUT2D eigenvalue weighted by Crippen LogP contribution is 2.14. The van der Waals surface area contributed by atoms with Gasteiger partial charge in [0.15, 0.2) is 0 Å². The van der Waals surface area contributed by atoms with Crippen molar-refractivity contribution in [2.45, 2.75) is 13.0 Å². The third kappa shape index (κ3) is 4.57. The Morgan fingerprint density at radius 1 is 0.875 bits per heavy atom. The fourth-order valence-corrected chi connectivity index (χ4v) is 2.10. The molecule has 3 N–H and O–H groups in total. The maximum atomic E-state index is 12.0. The number of hydrogen-bond donors (Lipinski definition) is 3. The van der Waals surface area contributed by atoms with Crippen LogP contribution < -0.4 is 16.2 Å². The van der Waals surface area contributed by atoms with E-state index in [2.05, 4.69) is 16.2 Å². The zero-order chi connectivity index (χ0) is 17.5. The molecule has 7 heteroatoms. The predicted molar refractivity (Wildman–Crippen MR) is 90.4 cm³/mol. The highest BCUT2D eigenvalue weighted by Gasteiger charge is 2.17. The number of nitrogens with one attached hydrogen (secondary N) is 3. The Balaban J connectivity index is 1.87. The Bertz CT molecular complexity index is 750. The fourth-order valence-electron chi connectivity index (χ4n) is 1.87. The molecule has 1 atom stereocenters. The summed E-state index contributed by atoms with van der Waals surface area (Å²) in [6.45, 7) is 1.51. The summed E-state index contributed by atoms with van der Waals surface area (Å²) in [5.74, 6) is -1.48. The van der Waals surface area contributed by atoms with Crippen molar-refractivity contribution in [3.05, 3.63) is 70.7 Å². The lowest BCUT2D eigenvalue weighted by Crippen LogP contribution is -2.51. The van der Waals surface area contributed by atoms with Crippen LogP contribution in [-0.2, 0) is 4.79 Å². The second-order valence-electron chi connectivity index (χ2n) is 4.98. The van der Waals surface area contributed by atoms with E-state index < -0.39 is 17.9 Å². The van der Waals surface area contributed by atoms with Crippen molar-refractivity contribution in [2.24, 2.45) is 0 Å². The van der Waals surface area contributed by atoms with Crippen molar-refractivity contribution in [2.75, 3.05) is 0 Å². The van der Waals surface area contributed by atoms with Gasteiger partial charge in [0.05, 0.1) is 10.6 Å². The summed E-state index contributed by atoms with van der Waals surface area (Å²) >= 11 is 5.90. The van der Waals surface area contributed by atoms with E-state index in [9.17, 15) is 14.4 Å². The first-order chi connectivity index (χ1) is 11.5. The molecule has 0 radical (unpaired) electrons. The second kappa shape index (κ2) is 8.12. The van der Waals surface area contributed by atoms with Gasteiger partial charge >= 0.3 is 0 Å². The van der Waals surface area contributed by atoms with E-state index in [1.807, 2.05) is 0 Å². The quantitative estimate of drug-likeness (QED) is 0.740. The maximum Gasteiger partial charge on any atom is 0.271 e. The van der Waals surface area contributed by atoms with Gasteiger partial charge in [0.2, 0.25) is 0 Å². The Hall–Kier alpha value is -2.86. The maximum absolute atomic E-state index is 12.0. The second-order valence-corrected chi connectivity index (χ2v) is 5.39. The number of halogens is 1. The lowest BCUT2D eigenvalue weighted by molar-refractivity contribution is -0.123. The molecule has 0 saturated carbocycles. The van der Waals surface area contributed by atoms with Gasteiger partial charge in [-0.05, 0) is 31.2 Å². The molecule has 0 unspecified atom stereocenters. The predicted octanol–water partition coefficient (Wildman–Crippen LogP) is 1.92. The highest BCUT2D eigenvalue weighted by atomic mass is 35.5. The van der Waals surface area contributed by atoms with E-state index in [0.29, 0.717) is 5.56 Å². The van der Waals surface area contributed by atoms with E-state index >= 15 is 0 Å². The molecule has 6 nitrogen and oxygen atoms in total. The van der Waals surface area contributed by atoms with Crippen LogP contribution in [0, 0.1) is 0 Å². The molecule has 0 aliphatic carbocycles. The van der Waals surface area contributed by atoms with Crippen LogP contribution in [-0.4, -0.2) is 23.8 Å². The lowest BCUT2D eigenvalue weighted by Gasteiger charge is -2.15. The van der Waals surface area contributed by atoms with Crippen molar-refractivity contribution in [3.8, 4) is 0 Å². The molecule has 3 amide bonds. The van der Waals surface area contributed by atoms with E-state index in [1.165, 1.54) is 13.0 Å². The minimum atomic E-state index is -0.829. The van der Waals surface area contributed by atoms with Gasteiger partial charge in [-0.2, -0.15) is 0 Å². The zero-order valence-electron chi connectivity index (χ0n) is 12.9. The topological polar surface area (TPSA) is 87.3 Å². The molecule has 0 aliphatic heterocycles. The monoisotopic (exact) mass is 345 g/mol. The Morgan fingerprint density at radius 3 is 2.17 bits per heavy atom. The SMILES string of the molecule is C[C@@H](NC(=O)c1ccccc1)C(=O)NNC(=O)c1ccccc1Cl. The fraction of sp³-hybridized carbons (Fsp3) is 0.118. The molecule has 0 bridgehead atoms. The zero-order valence-corrected chi connectivity index (χ0v) is 13.6. The van der Waals surface area contributed by atoms with Crippen molar-refractivity contribution in [3.63, 3.8) is 0 Å². The average molecular weight is 346 g/mol. The third-order valence-corrected chi connectivity index (χ3v) is 3.52. The molecule has 2 rings (SSSR count). The van der Waals surface area contributed by atoms with Gasteiger partial charge in [-0.3, -0.25) is 25.2 Å². The molecule has 0 aliphatic rings. The summed E-state index contributed by atoms with van der Waals surface area (Å²) < 4.78 is 0. The molecule has 124 valence electrons. The van der Waals surface area contributed by atoms with Crippen LogP contribution >= 0.6 is 11.6 Å². The van der Waals surface area contributed by atoms with Crippen LogP contribution in [0.1, 0.15) is 27.6 Å². The van der Waals surface area contributed by atoms with Gasteiger partial charge in [0.1, 0.15) is 6.04 Å². The summed E-state index contributed by atoms with van der Waals surface area (Å²) in [4.78, 5) is 35.9. The number of amides is 3. The molecule has 24 heavy (non-hydrogen) atoms. The van der Waals surface area contributed by atoms with E-state index in [0.717, 1.165) is 0 Å². The van der Waals surface area contributed by atoms with Crippen molar-refractivity contribution in [1.82, 2.24) is 16.2 Å². The van der Waals surface area contributed by atoms with Crippen molar-refractivity contribution < 1.29 is 14.4 Å². The van der Waals surface area contributed by atoms with Crippen LogP contribution in [0.25, 0.3) is 0 Å². The minimum Gasteiger partial charge on any atom is -0.340 e. The van der Waals surface area contributed by atoms with E-state index in [1.54, 1.807) is 48.5 Å². The first-order valence-electron chi connectivity index (χ1n) is 7.19. The number of carbonyl (C=O) groups excluding carboxylic acids is 3. The number of benzene rings is 2. The van der Waals surface area contributed by atoms with Crippen LogP contribution in [0.2, 0.25) is 5.02 Å². The van der Waals surface area contributed by atoms with Crippen LogP contribution in [0.4, 0.5) is 0 Å². The van der Waals surface area contributed by atoms with Crippen molar-refractivity contribution in [1.29, 1.82) is 0 Å². The summed E-state index contributed by atoms with van der Waals surface area (Å²) in [6, 6.07) is 14.1. The summed E-state index contributed by atoms with van der Waals surface area (Å²) in [6.07, 6.45) is 0. The molecule has 2 aromatic carbocycles. The van der Waals surface area contributed by atoms with Crippen LogP contribution in [0.5, 0.6) is 0 Å². The Labute approximate surface area is 144 Å². The summed E-state index contributed by atoms with van der Waals surface area (Å²) in [5, 5.41) is 2.82. The summed E-state index contributed by atoms with van der Waals surface area (Å²) in [7, 11) is 0. The smallest absolute Gasteiger partial charge is 0.271 e. The van der Waals surface area contributed by atoms with Gasteiger partial charge in [-0.25, -0.2) is 0 Å². The first-order valence-corrected chi connectivity index (χ1v) is 7.57. The van der Waals surface area contributed by atoms with E-state index in [4.69, 9.17) is 11.6 Å². The Kier molecular flexibility index (Phi) is 5.92. The third-order valence-electron chi connectivity index (χ3n) is 3.19. The molecule has 0 saturated heterocycles. The van der Waals surface area contributed by atoms with Gasteiger partial charge in [0.25, 0.3) is 17.7 Å². The number of rotatable bonds is 4. The standard InChI is InChI=1S/C17H16ClN3O3/c1-11(19-16(23)12-7-3-2-4-8-12)15(22)20-21-17(24)13-9-5-6-10-14(13)18/h2-11H,1H3,(H,19,23)(H,20,22)(H,21,24)/t11-/m1/s1. The summed E-state index contributed by atoms with van der Waals surface area (Å²) in [5.41, 5.74) is 5.19. The highest BCUT2D eigenvalue weighted by molar-refractivity contribution is 6.33. The number of hydrazine groups is 1. The van der Waals surface area contributed by atoms with E-state index in [-0.39, 0.29) is 16.5 Å². The normalized spacial score (nSPS) is 11.2. The first kappa shape index (κ1) is 17.5. The van der Waals surface area contributed by atoms with Gasteiger partial charge in [0, 0.05) is 5.56 Å². The van der Waals surface area contributed by atoms with Gasteiger partial charge < -0.3 is 5.32 Å². The molecule has 0 aromatic heterocycles. The number of carbonyl (C=O) groups is 3. The van der Waals surface area contributed by atoms with Gasteiger partial charge in [-0.1, -0.05) is 41.9 Å². The largest absolute Gasteiger partial charge is 0.340 e. The molecule has 2 aromatic rings. The van der Waals surface area contributed by atoms with Crippen LogP contribution in [0.15, 0.2) is 54.6 Å². The van der Waals surface area contributed by atoms with Crippen LogP contribution in [0.3, 0.4) is 0 Å². The lowest BCUT2D eigenvalue weighted by atomic mass is 10.2. The Morgan fingerprint density at radius 2 is 1.50 bits per heavy atom. The number of hydrogen-bond acceptors (Lipinski definition) is 3. The molecule has 0 heterocycles. The van der Waals surface area contributed by atoms with Gasteiger partial charge in [-0.15, -0.1) is 0 Å². The van der Waals surface area contributed by atoms with Crippen molar-refractivity contribution >= 4 is 29.3 Å². The molecule has 0 fully saturated rings. The molecular weight excluding hydrogens is 330 g/mol. The average Bonchev–Trinajstić information content (AvgIpc) is 2.60. The minimum absolute atomic E-state index is 0.237.